The number of nitrogens with one attached hydrogen (secondary N) is 1. The molecule has 1 saturated heterocycles. The smallest absolute Gasteiger partial charge is 0.234 e. The highest BCUT2D eigenvalue weighted by atomic mass is 16.1. The van der Waals surface area contributed by atoms with Gasteiger partial charge < -0.3 is 11.1 Å². The zero-order valence-corrected chi connectivity index (χ0v) is 10.6. The van der Waals surface area contributed by atoms with Gasteiger partial charge in [0, 0.05) is 13.1 Å². The van der Waals surface area contributed by atoms with E-state index in [2.05, 4.69) is 20.2 Å². The van der Waals surface area contributed by atoms with Gasteiger partial charge in [-0.25, -0.2) is 4.98 Å². The summed E-state index contributed by atoms with van der Waals surface area (Å²) >= 11 is 0. The summed E-state index contributed by atoms with van der Waals surface area (Å²) in [7, 11) is 0. The second-order valence-electron chi connectivity index (χ2n) is 4.45. The molecule has 1 aliphatic heterocycles. The number of carbonyl (C=O) groups is 1. The van der Waals surface area contributed by atoms with Gasteiger partial charge in [-0.15, -0.1) is 0 Å². The van der Waals surface area contributed by atoms with Crippen molar-refractivity contribution in [2.75, 3.05) is 18.4 Å². The number of hydrogen-bond acceptors (Lipinski definition) is 5. The van der Waals surface area contributed by atoms with E-state index in [1.54, 1.807) is 12.4 Å². The number of amides is 1. The van der Waals surface area contributed by atoms with Crippen LogP contribution in [0.4, 0.5) is 5.82 Å². The molecule has 1 unspecified atom stereocenters. The van der Waals surface area contributed by atoms with Crippen molar-refractivity contribution >= 4 is 11.7 Å². The molecule has 0 bridgehead atoms. The van der Waals surface area contributed by atoms with Gasteiger partial charge in [-0.05, 0) is 26.3 Å². The van der Waals surface area contributed by atoms with Crippen molar-refractivity contribution in [3.05, 3.63) is 18.1 Å². The molecule has 6 heteroatoms. The minimum atomic E-state index is -0.246. The van der Waals surface area contributed by atoms with Crippen LogP contribution < -0.4 is 11.1 Å². The Balaban J connectivity index is 1.98. The maximum Gasteiger partial charge on any atom is 0.234 e. The first-order chi connectivity index (χ1) is 8.70. The van der Waals surface area contributed by atoms with Crippen molar-refractivity contribution in [2.45, 2.75) is 32.4 Å². The number of rotatable bonds is 5. The van der Waals surface area contributed by atoms with E-state index in [1.807, 2.05) is 6.92 Å². The van der Waals surface area contributed by atoms with Crippen molar-refractivity contribution < 1.29 is 4.79 Å². The molecule has 18 heavy (non-hydrogen) atoms. The monoisotopic (exact) mass is 249 g/mol. The molecule has 0 saturated carbocycles. The Bertz CT molecular complexity index is 405. The standard InChI is InChI=1S/C12H19N5O/c1-2-14-11-7-15-9(6-16-11)8-17-5-3-4-10(17)12(13)18/h6-7,10H,2-5,8H2,1H3,(H2,13,18)(H,14,16). The van der Waals surface area contributed by atoms with Crippen molar-refractivity contribution in [2.24, 2.45) is 5.73 Å². The first kappa shape index (κ1) is 12.8. The predicted molar refractivity (Wildman–Crippen MR) is 68.8 cm³/mol. The van der Waals surface area contributed by atoms with Gasteiger partial charge in [0.25, 0.3) is 0 Å². The molecule has 1 aliphatic rings. The highest BCUT2D eigenvalue weighted by Gasteiger charge is 2.28. The maximum absolute atomic E-state index is 11.3. The summed E-state index contributed by atoms with van der Waals surface area (Å²) in [6.45, 7) is 4.36. The molecule has 2 rings (SSSR count). The lowest BCUT2D eigenvalue weighted by molar-refractivity contribution is -0.122. The average molecular weight is 249 g/mol. The van der Waals surface area contributed by atoms with Crippen molar-refractivity contribution in [1.29, 1.82) is 0 Å². The highest BCUT2D eigenvalue weighted by molar-refractivity contribution is 5.80. The molecular formula is C12H19N5O. The van der Waals surface area contributed by atoms with Crippen LogP contribution >= 0.6 is 0 Å². The molecule has 6 nitrogen and oxygen atoms in total. The number of hydrogen-bond donors (Lipinski definition) is 2. The van der Waals surface area contributed by atoms with Gasteiger partial charge in [-0.3, -0.25) is 14.7 Å². The van der Waals surface area contributed by atoms with Crippen LogP contribution in [-0.4, -0.2) is 39.9 Å². The van der Waals surface area contributed by atoms with Crippen molar-refractivity contribution in [3.8, 4) is 0 Å². The second-order valence-corrected chi connectivity index (χ2v) is 4.45. The Morgan fingerprint density at radius 3 is 3.00 bits per heavy atom. The van der Waals surface area contributed by atoms with Crippen LogP contribution in [0.5, 0.6) is 0 Å². The van der Waals surface area contributed by atoms with Gasteiger partial charge in [0.15, 0.2) is 0 Å². The molecule has 0 aromatic carbocycles. The van der Waals surface area contributed by atoms with Crippen molar-refractivity contribution in [3.63, 3.8) is 0 Å². The first-order valence-corrected chi connectivity index (χ1v) is 6.29. The van der Waals surface area contributed by atoms with Crippen LogP contribution in [0.3, 0.4) is 0 Å². The molecule has 0 spiro atoms. The summed E-state index contributed by atoms with van der Waals surface area (Å²) in [5.41, 5.74) is 6.24. The molecular weight excluding hydrogens is 230 g/mol. The largest absolute Gasteiger partial charge is 0.369 e. The Hall–Kier alpha value is -1.69. The summed E-state index contributed by atoms with van der Waals surface area (Å²) in [4.78, 5) is 21.9. The van der Waals surface area contributed by atoms with E-state index in [1.165, 1.54) is 0 Å². The number of primary amides is 1. The first-order valence-electron chi connectivity index (χ1n) is 6.29. The molecule has 98 valence electrons. The van der Waals surface area contributed by atoms with Gasteiger partial charge in [0.1, 0.15) is 5.82 Å². The molecule has 1 atom stereocenters. The van der Waals surface area contributed by atoms with Gasteiger partial charge >= 0.3 is 0 Å². The highest BCUT2D eigenvalue weighted by Crippen LogP contribution is 2.18. The van der Waals surface area contributed by atoms with Crippen LogP contribution in [0.2, 0.25) is 0 Å². The number of aromatic nitrogens is 2. The molecule has 1 amide bonds. The molecule has 0 aliphatic carbocycles. The maximum atomic E-state index is 11.3. The Labute approximate surface area is 107 Å². The molecule has 3 N–H and O–H groups in total. The quantitative estimate of drug-likeness (QED) is 0.787. The van der Waals surface area contributed by atoms with Gasteiger partial charge in [0.05, 0.1) is 24.1 Å². The zero-order chi connectivity index (χ0) is 13.0. The molecule has 1 aromatic rings. The van der Waals surface area contributed by atoms with Crippen LogP contribution in [-0.2, 0) is 11.3 Å². The summed E-state index contributed by atoms with van der Waals surface area (Å²) in [6.07, 6.45) is 5.32. The predicted octanol–water partition coefficient (Wildman–Crippen LogP) is 0.358. The number of nitrogens with two attached hydrogens (primary N) is 1. The third-order valence-corrected chi connectivity index (χ3v) is 3.12. The fraction of sp³-hybridized carbons (Fsp3) is 0.583. The fourth-order valence-corrected chi connectivity index (χ4v) is 2.25. The third-order valence-electron chi connectivity index (χ3n) is 3.12. The van der Waals surface area contributed by atoms with Gasteiger partial charge in [-0.1, -0.05) is 0 Å². The van der Waals surface area contributed by atoms with Crippen LogP contribution in [0.1, 0.15) is 25.5 Å². The minimum Gasteiger partial charge on any atom is -0.369 e. The van der Waals surface area contributed by atoms with E-state index in [0.717, 1.165) is 37.4 Å². The van der Waals surface area contributed by atoms with Crippen LogP contribution in [0.15, 0.2) is 12.4 Å². The fourth-order valence-electron chi connectivity index (χ4n) is 2.25. The lowest BCUT2D eigenvalue weighted by Crippen LogP contribution is -2.39. The van der Waals surface area contributed by atoms with Crippen molar-refractivity contribution in [1.82, 2.24) is 14.9 Å². The van der Waals surface area contributed by atoms with Gasteiger partial charge in [0.2, 0.25) is 5.91 Å². The molecule has 1 aromatic heterocycles. The summed E-state index contributed by atoms with van der Waals surface area (Å²) < 4.78 is 0. The SMILES string of the molecule is CCNc1cnc(CN2CCCC2C(N)=O)cn1. The summed E-state index contributed by atoms with van der Waals surface area (Å²) in [5, 5.41) is 3.09. The lowest BCUT2D eigenvalue weighted by atomic mass is 10.2. The lowest BCUT2D eigenvalue weighted by Gasteiger charge is -2.21. The molecule has 1 fully saturated rings. The number of nitrogens with zero attached hydrogens (tertiary/aromatic N) is 3. The number of carbonyl (C=O) groups excluding carboxylic acids is 1. The van der Waals surface area contributed by atoms with E-state index < -0.39 is 0 Å². The minimum absolute atomic E-state index is 0.153. The van der Waals surface area contributed by atoms with E-state index in [-0.39, 0.29) is 11.9 Å². The average Bonchev–Trinajstić information content (AvgIpc) is 2.80. The van der Waals surface area contributed by atoms with Crippen LogP contribution in [0.25, 0.3) is 0 Å². The number of anilines is 1. The van der Waals surface area contributed by atoms with Crippen LogP contribution in [0, 0.1) is 0 Å². The Kier molecular flexibility index (Phi) is 4.09. The number of likely N-dealkylation sites (tertiary alicyclic amines) is 1. The topological polar surface area (TPSA) is 84.1 Å². The molecule has 0 radical (unpaired) electrons. The molecule has 2 heterocycles. The van der Waals surface area contributed by atoms with E-state index in [4.69, 9.17) is 5.73 Å². The van der Waals surface area contributed by atoms with E-state index in [0.29, 0.717) is 6.54 Å². The zero-order valence-electron chi connectivity index (χ0n) is 10.6. The van der Waals surface area contributed by atoms with E-state index in [9.17, 15) is 4.79 Å². The summed E-state index contributed by atoms with van der Waals surface area (Å²) in [5.74, 6) is 0.527. The summed E-state index contributed by atoms with van der Waals surface area (Å²) in [6, 6.07) is -0.153. The third kappa shape index (κ3) is 2.95. The Morgan fingerprint density at radius 1 is 1.56 bits per heavy atom. The van der Waals surface area contributed by atoms with E-state index >= 15 is 0 Å². The Morgan fingerprint density at radius 2 is 2.39 bits per heavy atom. The second kappa shape index (κ2) is 5.77. The van der Waals surface area contributed by atoms with Gasteiger partial charge in [-0.2, -0.15) is 0 Å². The normalized spacial score (nSPS) is 19.9.